The Morgan fingerprint density at radius 1 is 1.42 bits per heavy atom. The zero-order valence-corrected chi connectivity index (χ0v) is 11.3. The molecule has 0 aromatic carbocycles. The highest BCUT2D eigenvalue weighted by atomic mass is 16.5. The number of carbonyl (C=O) groups is 3. The predicted molar refractivity (Wildman–Crippen MR) is 68.2 cm³/mol. The van der Waals surface area contributed by atoms with Crippen molar-refractivity contribution in [3.05, 3.63) is 0 Å². The molecule has 0 spiro atoms. The second-order valence-electron chi connectivity index (χ2n) is 4.53. The molecule has 7 nitrogen and oxygen atoms in total. The van der Waals surface area contributed by atoms with E-state index in [-0.39, 0.29) is 5.97 Å². The summed E-state index contributed by atoms with van der Waals surface area (Å²) in [6.45, 7) is 4.33. The van der Waals surface area contributed by atoms with Gasteiger partial charge in [-0.15, -0.1) is 0 Å². The van der Waals surface area contributed by atoms with Crippen LogP contribution in [0.3, 0.4) is 0 Å². The Morgan fingerprint density at radius 3 is 2.68 bits per heavy atom. The van der Waals surface area contributed by atoms with Crippen LogP contribution in [0, 0.1) is 0 Å². The number of amides is 3. The normalized spacial score (nSPS) is 21.5. The monoisotopic (exact) mass is 271 g/mol. The van der Waals surface area contributed by atoms with Crippen LogP contribution >= 0.6 is 0 Å². The number of nitrogens with two attached hydrogens (primary N) is 1. The average Bonchev–Trinajstić information content (AvgIpc) is 2.37. The number of likely N-dealkylation sites (tertiary alicyclic amines) is 1. The molecule has 3 N–H and O–H groups in total. The third-order valence-electron chi connectivity index (χ3n) is 3.23. The highest BCUT2D eigenvalue weighted by molar-refractivity contribution is 5.96. The molecule has 2 atom stereocenters. The fourth-order valence-corrected chi connectivity index (χ4v) is 2.29. The lowest BCUT2D eigenvalue weighted by atomic mass is 10.00. The predicted octanol–water partition coefficient (Wildman–Crippen LogP) is -0.0126. The van der Waals surface area contributed by atoms with E-state index in [1.165, 1.54) is 0 Å². The van der Waals surface area contributed by atoms with Crippen LogP contribution in [0.5, 0.6) is 0 Å². The van der Waals surface area contributed by atoms with Crippen molar-refractivity contribution >= 4 is 17.9 Å². The maximum atomic E-state index is 11.9. The molecule has 108 valence electrons. The quantitative estimate of drug-likeness (QED) is 0.700. The van der Waals surface area contributed by atoms with Crippen LogP contribution in [0.15, 0.2) is 0 Å². The molecule has 0 radical (unpaired) electrons. The SMILES string of the molecule is CCOC(=O)C1CCCCN1C(C)C(=O)NC(N)=O. The number of imide groups is 1. The fourth-order valence-electron chi connectivity index (χ4n) is 2.29. The average molecular weight is 271 g/mol. The van der Waals surface area contributed by atoms with Gasteiger partial charge in [0.1, 0.15) is 6.04 Å². The van der Waals surface area contributed by atoms with Gasteiger partial charge in [-0.25, -0.2) is 4.79 Å². The Kier molecular flexibility index (Phi) is 5.75. The molecule has 1 aliphatic heterocycles. The molecule has 1 rings (SSSR count). The first-order valence-electron chi connectivity index (χ1n) is 6.50. The van der Waals surface area contributed by atoms with Gasteiger partial charge >= 0.3 is 12.0 Å². The fraction of sp³-hybridized carbons (Fsp3) is 0.750. The number of urea groups is 1. The van der Waals surface area contributed by atoms with E-state index in [4.69, 9.17) is 10.5 Å². The Labute approximate surface area is 112 Å². The summed E-state index contributed by atoms with van der Waals surface area (Å²) < 4.78 is 5.02. The Morgan fingerprint density at radius 2 is 2.11 bits per heavy atom. The first-order valence-corrected chi connectivity index (χ1v) is 6.50. The first-order chi connectivity index (χ1) is 8.97. The molecule has 1 fully saturated rings. The van der Waals surface area contributed by atoms with Gasteiger partial charge in [-0.1, -0.05) is 6.42 Å². The van der Waals surface area contributed by atoms with Crippen LogP contribution < -0.4 is 11.1 Å². The van der Waals surface area contributed by atoms with Gasteiger partial charge in [0.15, 0.2) is 0 Å². The molecule has 1 aliphatic rings. The minimum absolute atomic E-state index is 0.311. The summed E-state index contributed by atoms with van der Waals surface area (Å²) in [5.41, 5.74) is 4.92. The van der Waals surface area contributed by atoms with Crippen LogP contribution in [0.1, 0.15) is 33.1 Å². The lowest BCUT2D eigenvalue weighted by Gasteiger charge is -2.37. The zero-order chi connectivity index (χ0) is 14.4. The summed E-state index contributed by atoms with van der Waals surface area (Å²) in [5, 5.41) is 2.04. The molecule has 19 heavy (non-hydrogen) atoms. The number of primary amides is 1. The van der Waals surface area contributed by atoms with E-state index in [2.05, 4.69) is 0 Å². The van der Waals surface area contributed by atoms with Crippen molar-refractivity contribution in [3.63, 3.8) is 0 Å². The largest absolute Gasteiger partial charge is 0.465 e. The van der Waals surface area contributed by atoms with Crippen molar-refractivity contribution in [2.24, 2.45) is 5.73 Å². The standard InChI is InChI=1S/C12H21N3O4/c1-3-19-11(17)9-6-4-5-7-15(9)8(2)10(16)14-12(13)18/h8-9H,3-7H2,1-2H3,(H3,13,14,16,18). The summed E-state index contributed by atoms with van der Waals surface area (Å²) in [6.07, 6.45) is 2.49. The zero-order valence-electron chi connectivity index (χ0n) is 11.3. The van der Waals surface area contributed by atoms with Gasteiger partial charge in [0.2, 0.25) is 5.91 Å². The Hall–Kier alpha value is -1.63. The lowest BCUT2D eigenvalue weighted by molar-refractivity contribution is -0.152. The van der Waals surface area contributed by atoms with Crippen molar-refractivity contribution in [2.45, 2.75) is 45.2 Å². The number of piperidine rings is 1. The van der Waals surface area contributed by atoms with Gasteiger partial charge in [0.25, 0.3) is 0 Å². The van der Waals surface area contributed by atoms with Crippen molar-refractivity contribution in [1.82, 2.24) is 10.2 Å². The summed E-state index contributed by atoms with van der Waals surface area (Å²) in [7, 11) is 0. The maximum Gasteiger partial charge on any atom is 0.323 e. The molecular weight excluding hydrogens is 250 g/mol. The third kappa shape index (κ3) is 4.20. The van der Waals surface area contributed by atoms with E-state index in [0.29, 0.717) is 19.6 Å². The van der Waals surface area contributed by atoms with E-state index >= 15 is 0 Å². The minimum atomic E-state index is -0.887. The number of hydrogen-bond donors (Lipinski definition) is 2. The number of ether oxygens (including phenoxy) is 1. The summed E-state index contributed by atoms with van der Waals surface area (Å²) in [4.78, 5) is 36.1. The van der Waals surface area contributed by atoms with Gasteiger partial charge < -0.3 is 10.5 Å². The summed E-state index contributed by atoms with van der Waals surface area (Å²) in [5.74, 6) is -0.815. The molecule has 7 heteroatoms. The number of nitrogens with zero attached hydrogens (tertiary/aromatic N) is 1. The minimum Gasteiger partial charge on any atom is -0.465 e. The molecule has 0 aliphatic carbocycles. The van der Waals surface area contributed by atoms with Gasteiger partial charge in [0.05, 0.1) is 12.6 Å². The topological polar surface area (TPSA) is 102 Å². The van der Waals surface area contributed by atoms with Crippen LogP contribution in [0.4, 0.5) is 4.79 Å². The molecule has 3 amide bonds. The number of hydrogen-bond acceptors (Lipinski definition) is 5. The smallest absolute Gasteiger partial charge is 0.323 e. The van der Waals surface area contributed by atoms with Crippen molar-refractivity contribution in [2.75, 3.05) is 13.2 Å². The molecule has 0 bridgehead atoms. The number of rotatable bonds is 4. The van der Waals surface area contributed by atoms with Gasteiger partial charge in [-0.2, -0.15) is 0 Å². The summed E-state index contributed by atoms with van der Waals surface area (Å²) in [6, 6.07) is -1.91. The van der Waals surface area contributed by atoms with Crippen LogP contribution in [-0.2, 0) is 14.3 Å². The van der Waals surface area contributed by atoms with Gasteiger partial charge in [0, 0.05) is 0 Å². The van der Waals surface area contributed by atoms with E-state index < -0.39 is 24.0 Å². The molecule has 0 aromatic rings. The van der Waals surface area contributed by atoms with Crippen LogP contribution in [0.25, 0.3) is 0 Å². The van der Waals surface area contributed by atoms with E-state index in [1.54, 1.807) is 18.7 Å². The summed E-state index contributed by atoms with van der Waals surface area (Å²) >= 11 is 0. The van der Waals surface area contributed by atoms with Crippen molar-refractivity contribution in [3.8, 4) is 0 Å². The molecular formula is C12H21N3O4. The lowest BCUT2D eigenvalue weighted by Crippen LogP contribution is -2.55. The number of nitrogens with one attached hydrogen (secondary N) is 1. The van der Waals surface area contributed by atoms with Crippen LogP contribution in [-0.4, -0.2) is 48.0 Å². The number of esters is 1. The van der Waals surface area contributed by atoms with E-state index in [9.17, 15) is 14.4 Å². The Bertz CT molecular complexity index is 359. The number of carbonyl (C=O) groups excluding carboxylic acids is 3. The third-order valence-corrected chi connectivity index (χ3v) is 3.23. The molecule has 1 saturated heterocycles. The molecule has 1 heterocycles. The second-order valence-corrected chi connectivity index (χ2v) is 4.53. The maximum absolute atomic E-state index is 11.9. The van der Waals surface area contributed by atoms with E-state index in [0.717, 1.165) is 12.8 Å². The van der Waals surface area contributed by atoms with Gasteiger partial charge in [-0.05, 0) is 33.2 Å². The van der Waals surface area contributed by atoms with Gasteiger partial charge in [-0.3, -0.25) is 19.8 Å². The first kappa shape index (κ1) is 15.4. The van der Waals surface area contributed by atoms with Crippen molar-refractivity contribution < 1.29 is 19.1 Å². The molecule has 0 aromatic heterocycles. The highest BCUT2D eigenvalue weighted by Crippen LogP contribution is 2.20. The Balaban J connectivity index is 2.72. The molecule has 0 saturated carbocycles. The molecule has 2 unspecified atom stereocenters. The van der Waals surface area contributed by atoms with E-state index in [1.807, 2.05) is 5.32 Å². The second kappa shape index (κ2) is 7.08. The van der Waals surface area contributed by atoms with Crippen molar-refractivity contribution in [1.29, 1.82) is 0 Å². The highest BCUT2D eigenvalue weighted by Gasteiger charge is 2.35. The van der Waals surface area contributed by atoms with Crippen LogP contribution in [0.2, 0.25) is 0 Å².